The number of methoxy groups -OCH3 is 1. The number of nitrogens with one attached hydrogen (secondary N) is 1. The number of amides is 1. The molecule has 2 atom stereocenters. The average molecular weight is 516 g/mol. The van der Waals surface area contributed by atoms with E-state index in [2.05, 4.69) is 5.32 Å². The van der Waals surface area contributed by atoms with Gasteiger partial charge in [0, 0.05) is 10.6 Å². The van der Waals surface area contributed by atoms with Crippen LogP contribution in [-0.2, 0) is 9.53 Å². The highest BCUT2D eigenvalue weighted by atomic mass is 19.1. The number of carbonyl (C=O) groups excluding carboxylic acids is 2. The van der Waals surface area contributed by atoms with Gasteiger partial charge in [-0.15, -0.1) is 0 Å². The normalized spacial score (nSPS) is 12.6. The molecule has 0 saturated heterocycles. The lowest BCUT2D eigenvalue weighted by Crippen LogP contribution is -2.47. The Bertz CT molecular complexity index is 1280. The van der Waals surface area contributed by atoms with Crippen LogP contribution in [0.25, 0.3) is 0 Å². The molecule has 0 unspecified atom stereocenters. The first-order valence-corrected chi connectivity index (χ1v) is 11.5. The molecule has 3 N–H and O–H groups in total. The number of hydrogen-bond donors (Lipinski definition) is 3. The summed E-state index contributed by atoms with van der Waals surface area (Å²) < 4.78 is 38.9. The number of rotatable bonds is 8. The van der Waals surface area contributed by atoms with Crippen molar-refractivity contribution < 1.29 is 42.9 Å². The van der Waals surface area contributed by atoms with Crippen LogP contribution in [0.5, 0.6) is 11.5 Å². The van der Waals surface area contributed by atoms with Crippen molar-refractivity contribution in [3.05, 3.63) is 88.2 Å². The molecule has 0 aliphatic carbocycles. The molecule has 2 aromatic carbocycles. The van der Waals surface area contributed by atoms with Crippen molar-refractivity contribution in [2.75, 3.05) is 7.11 Å². The molecular formula is C27H29F2N2O6+. The molecule has 10 heteroatoms. The summed E-state index contributed by atoms with van der Waals surface area (Å²) in [4.78, 5) is 25.6. The average Bonchev–Trinajstić information content (AvgIpc) is 2.83. The number of hydrogen-bond acceptors (Lipinski definition) is 6. The number of ether oxygens (including phenoxy) is 2. The fourth-order valence-electron chi connectivity index (χ4n) is 4.03. The number of aromatic nitrogens is 1. The summed E-state index contributed by atoms with van der Waals surface area (Å²) in [5.41, 5.74) is 1.58. The molecule has 1 heterocycles. The lowest BCUT2D eigenvalue weighted by molar-refractivity contribution is -0.906. The molecule has 0 aliphatic rings. The molecule has 1 aromatic heterocycles. The topological polar surface area (TPSA) is 109 Å². The smallest absolute Gasteiger partial charge is 0.366 e. The van der Waals surface area contributed by atoms with Crippen molar-refractivity contribution in [3.8, 4) is 11.5 Å². The molecule has 0 spiro atoms. The van der Waals surface area contributed by atoms with Crippen LogP contribution in [-0.4, -0.2) is 41.4 Å². The lowest BCUT2D eigenvalue weighted by Gasteiger charge is -2.27. The third kappa shape index (κ3) is 5.96. The second kappa shape index (κ2) is 11.2. The molecule has 1 amide bonds. The first-order valence-electron chi connectivity index (χ1n) is 11.5. The van der Waals surface area contributed by atoms with E-state index in [0.29, 0.717) is 27.0 Å². The quantitative estimate of drug-likeness (QED) is 0.240. The molecule has 3 rings (SSSR count). The van der Waals surface area contributed by atoms with Gasteiger partial charge in [0.1, 0.15) is 23.8 Å². The van der Waals surface area contributed by atoms with Crippen molar-refractivity contribution in [3.63, 3.8) is 0 Å². The van der Waals surface area contributed by atoms with Gasteiger partial charge < -0.3 is 19.9 Å². The van der Waals surface area contributed by atoms with E-state index < -0.39 is 41.4 Å². The van der Waals surface area contributed by atoms with Crippen LogP contribution in [0.15, 0.2) is 48.7 Å². The Hall–Kier alpha value is -4.21. The van der Waals surface area contributed by atoms with Gasteiger partial charge in [-0.2, -0.15) is 0 Å². The van der Waals surface area contributed by atoms with E-state index in [9.17, 15) is 28.7 Å². The molecule has 0 fully saturated rings. The Labute approximate surface area is 213 Å². The minimum Gasteiger partial charge on any atom is -0.499 e. The third-order valence-electron chi connectivity index (χ3n) is 6.04. The van der Waals surface area contributed by atoms with Crippen molar-refractivity contribution in [1.29, 1.82) is 0 Å². The van der Waals surface area contributed by atoms with Crippen molar-refractivity contribution in [2.24, 2.45) is 0 Å². The monoisotopic (exact) mass is 515 g/mol. The maximum atomic E-state index is 13.9. The molecule has 3 aromatic rings. The van der Waals surface area contributed by atoms with Crippen molar-refractivity contribution in [2.45, 2.75) is 45.8 Å². The van der Waals surface area contributed by atoms with Crippen molar-refractivity contribution >= 4 is 11.9 Å². The molecule has 0 aliphatic heterocycles. The maximum Gasteiger partial charge on any atom is 0.366 e. The fourth-order valence-corrected chi connectivity index (χ4v) is 4.03. The second-order valence-electron chi connectivity index (χ2n) is 8.76. The summed E-state index contributed by atoms with van der Waals surface area (Å²) in [6.07, 6.45) is 0.299. The Morgan fingerprint density at radius 1 is 0.973 bits per heavy atom. The summed E-state index contributed by atoms with van der Waals surface area (Å²) in [5, 5.41) is 22.5. The zero-order chi connectivity index (χ0) is 27.4. The van der Waals surface area contributed by atoms with Gasteiger partial charge >= 0.3 is 17.6 Å². The standard InChI is InChI=1S/C27H28F2N2O6/c1-14-12-18(6-8-20(14)28)23(19-7-9-21(29)15(2)13-19)17(4)37-27(34)16(3)30-26(33)24-25(32)22(36-5)10-11-31(24)35/h6-13,16-17,23H,1-5H3,(H2-,30,32,33,35)/p+1/t16-,17-/m0/s1. The van der Waals surface area contributed by atoms with E-state index in [1.165, 1.54) is 32.2 Å². The number of pyridine rings is 1. The zero-order valence-electron chi connectivity index (χ0n) is 21.1. The minimum absolute atomic E-state index is 0.0497. The van der Waals surface area contributed by atoms with Crippen LogP contribution < -0.4 is 14.8 Å². The summed E-state index contributed by atoms with van der Waals surface area (Å²) in [5.74, 6) is -3.75. The van der Waals surface area contributed by atoms with E-state index in [1.54, 1.807) is 45.0 Å². The molecule has 196 valence electrons. The molecule has 37 heavy (non-hydrogen) atoms. The van der Waals surface area contributed by atoms with E-state index in [0.717, 1.165) is 6.20 Å². The van der Waals surface area contributed by atoms with Crippen molar-refractivity contribution in [1.82, 2.24) is 5.32 Å². The van der Waals surface area contributed by atoms with Crippen LogP contribution >= 0.6 is 0 Å². The third-order valence-corrected chi connectivity index (χ3v) is 6.04. The molecule has 0 bridgehead atoms. The summed E-state index contributed by atoms with van der Waals surface area (Å²) in [6.45, 7) is 6.25. The highest BCUT2D eigenvalue weighted by Gasteiger charge is 2.33. The Kier molecular flexibility index (Phi) is 8.31. The molecule has 8 nitrogen and oxygen atoms in total. The number of halogens is 2. The predicted octanol–water partition coefficient (Wildman–Crippen LogP) is 3.70. The summed E-state index contributed by atoms with van der Waals surface area (Å²) >= 11 is 0. The van der Waals surface area contributed by atoms with E-state index in [-0.39, 0.29) is 17.4 Å². The number of benzene rings is 2. The predicted molar refractivity (Wildman–Crippen MR) is 129 cm³/mol. The van der Waals surface area contributed by atoms with Gasteiger partial charge in [-0.1, -0.05) is 24.3 Å². The van der Waals surface area contributed by atoms with Crippen LogP contribution in [0.2, 0.25) is 0 Å². The minimum atomic E-state index is -1.17. The van der Waals surface area contributed by atoms with Crippen LogP contribution in [0.4, 0.5) is 8.78 Å². The van der Waals surface area contributed by atoms with Gasteiger partial charge in [-0.25, -0.2) is 13.6 Å². The highest BCUT2D eigenvalue weighted by Crippen LogP contribution is 2.32. The summed E-state index contributed by atoms with van der Waals surface area (Å²) in [6, 6.07) is 9.14. The first-order chi connectivity index (χ1) is 17.4. The van der Waals surface area contributed by atoms with Gasteiger partial charge in [0.2, 0.25) is 11.9 Å². The van der Waals surface area contributed by atoms with Crippen LogP contribution in [0, 0.1) is 25.5 Å². The molecule has 0 saturated carbocycles. The Morgan fingerprint density at radius 2 is 1.51 bits per heavy atom. The van der Waals surface area contributed by atoms with Gasteiger partial charge in [0.05, 0.1) is 13.2 Å². The van der Waals surface area contributed by atoms with Gasteiger partial charge in [-0.05, 0) is 62.1 Å². The van der Waals surface area contributed by atoms with Gasteiger partial charge in [0.25, 0.3) is 0 Å². The lowest BCUT2D eigenvalue weighted by atomic mass is 9.85. The Balaban J connectivity index is 1.84. The molecular weight excluding hydrogens is 486 g/mol. The zero-order valence-corrected chi connectivity index (χ0v) is 21.1. The second-order valence-corrected chi connectivity index (χ2v) is 8.76. The van der Waals surface area contributed by atoms with Crippen LogP contribution in [0.1, 0.15) is 52.5 Å². The van der Waals surface area contributed by atoms with Gasteiger partial charge in [-0.3, -0.25) is 10.0 Å². The van der Waals surface area contributed by atoms with E-state index in [4.69, 9.17) is 9.47 Å². The Morgan fingerprint density at radius 3 is 2.00 bits per heavy atom. The van der Waals surface area contributed by atoms with Gasteiger partial charge in [0.15, 0.2) is 5.75 Å². The van der Waals surface area contributed by atoms with Crippen LogP contribution in [0.3, 0.4) is 0 Å². The number of carbonyl (C=O) groups is 2. The van der Waals surface area contributed by atoms with E-state index >= 15 is 0 Å². The fraction of sp³-hybridized carbons (Fsp3) is 0.296. The number of nitrogens with zero attached hydrogens (tertiary/aromatic N) is 1. The maximum absolute atomic E-state index is 13.9. The number of aromatic hydroxyl groups is 1. The van der Waals surface area contributed by atoms with E-state index in [1.807, 2.05) is 0 Å². The number of aryl methyl sites for hydroxylation is 2. The SMILES string of the molecule is COc1cc[n+](O)c(C(=O)N[C@@H](C)C(=O)O[C@@H](C)C(c2ccc(F)c(C)c2)c2ccc(F)c(C)c2)c1O. The number of esters is 1. The molecule has 0 radical (unpaired) electrons. The summed E-state index contributed by atoms with van der Waals surface area (Å²) in [7, 11) is 1.28. The highest BCUT2D eigenvalue weighted by molar-refractivity contribution is 5.96. The largest absolute Gasteiger partial charge is 0.499 e. The first kappa shape index (κ1) is 27.4.